The summed E-state index contributed by atoms with van der Waals surface area (Å²) in [5.41, 5.74) is -0.390. The highest BCUT2D eigenvalue weighted by atomic mass is 16.6. The van der Waals surface area contributed by atoms with Crippen molar-refractivity contribution in [2.24, 2.45) is 5.92 Å². The van der Waals surface area contributed by atoms with E-state index in [2.05, 4.69) is 10.3 Å². The van der Waals surface area contributed by atoms with Crippen LogP contribution in [-0.4, -0.2) is 27.0 Å². The molecule has 0 radical (unpaired) electrons. The van der Waals surface area contributed by atoms with Crippen LogP contribution in [0.2, 0.25) is 0 Å². The molecule has 0 aliphatic heterocycles. The summed E-state index contributed by atoms with van der Waals surface area (Å²) in [6.07, 6.45) is 1.93. The Labute approximate surface area is 103 Å². The summed E-state index contributed by atoms with van der Waals surface area (Å²) < 4.78 is 0. The second kappa shape index (κ2) is 4.59. The van der Waals surface area contributed by atoms with Gasteiger partial charge in [-0.25, -0.2) is 9.78 Å². The molecule has 0 aromatic carbocycles. The number of carboxylic acids is 1. The Bertz CT molecular complexity index is 503. The zero-order chi connectivity index (χ0) is 13.3. The van der Waals surface area contributed by atoms with Gasteiger partial charge in [-0.3, -0.25) is 10.1 Å². The minimum Gasteiger partial charge on any atom is -0.477 e. The van der Waals surface area contributed by atoms with E-state index >= 15 is 0 Å². The van der Waals surface area contributed by atoms with Crippen LogP contribution in [0.25, 0.3) is 0 Å². The van der Waals surface area contributed by atoms with Crippen LogP contribution in [0, 0.1) is 16.0 Å². The van der Waals surface area contributed by atoms with Gasteiger partial charge >= 0.3 is 11.7 Å². The molecule has 7 nitrogen and oxygen atoms in total. The van der Waals surface area contributed by atoms with Gasteiger partial charge in [0.2, 0.25) is 5.82 Å². The Morgan fingerprint density at radius 1 is 1.67 bits per heavy atom. The van der Waals surface area contributed by atoms with Gasteiger partial charge in [-0.2, -0.15) is 0 Å². The lowest BCUT2D eigenvalue weighted by Gasteiger charge is -2.06. The molecular formula is C11H13N3O4. The number of hydrogen-bond acceptors (Lipinski definition) is 5. The third-order valence-electron chi connectivity index (χ3n) is 3.06. The average molecular weight is 251 g/mol. The van der Waals surface area contributed by atoms with Crippen molar-refractivity contribution < 1.29 is 14.8 Å². The van der Waals surface area contributed by atoms with Crippen LogP contribution in [0.5, 0.6) is 0 Å². The van der Waals surface area contributed by atoms with E-state index in [4.69, 9.17) is 5.11 Å². The third-order valence-corrected chi connectivity index (χ3v) is 3.06. The minimum absolute atomic E-state index is 0.0425. The first-order valence-electron chi connectivity index (χ1n) is 5.68. The molecule has 0 saturated heterocycles. The highest BCUT2D eigenvalue weighted by Crippen LogP contribution is 2.37. The molecule has 2 atom stereocenters. The number of nitrogens with zero attached hydrogens (tertiary/aromatic N) is 2. The lowest BCUT2D eigenvalue weighted by Crippen LogP contribution is -2.11. The maximum absolute atomic E-state index is 10.8. The Hall–Kier alpha value is -2.18. The monoisotopic (exact) mass is 251 g/mol. The van der Waals surface area contributed by atoms with E-state index in [1.54, 1.807) is 0 Å². The number of aromatic nitrogens is 1. The van der Waals surface area contributed by atoms with Gasteiger partial charge in [0.05, 0.1) is 4.92 Å². The molecule has 1 fully saturated rings. The van der Waals surface area contributed by atoms with Crippen molar-refractivity contribution in [2.45, 2.75) is 25.8 Å². The lowest BCUT2D eigenvalue weighted by molar-refractivity contribution is -0.384. The highest BCUT2D eigenvalue weighted by molar-refractivity contribution is 5.86. The van der Waals surface area contributed by atoms with Gasteiger partial charge in [-0.15, -0.1) is 0 Å². The molecule has 2 N–H and O–H groups in total. The molecule has 18 heavy (non-hydrogen) atoms. The molecule has 2 rings (SSSR count). The maximum atomic E-state index is 10.8. The van der Waals surface area contributed by atoms with Gasteiger partial charge in [-0.05, 0) is 18.4 Å². The largest absolute Gasteiger partial charge is 0.477 e. The van der Waals surface area contributed by atoms with Gasteiger partial charge in [-0.1, -0.05) is 13.3 Å². The second-order valence-corrected chi connectivity index (χ2v) is 4.28. The van der Waals surface area contributed by atoms with Gasteiger partial charge in [0.1, 0.15) is 0 Å². The molecule has 2 unspecified atom stereocenters. The quantitative estimate of drug-likeness (QED) is 0.611. The van der Waals surface area contributed by atoms with E-state index in [9.17, 15) is 14.9 Å². The topological polar surface area (TPSA) is 105 Å². The van der Waals surface area contributed by atoms with Crippen molar-refractivity contribution in [3.05, 3.63) is 27.9 Å². The molecule has 96 valence electrons. The van der Waals surface area contributed by atoms with Crippen molar-refractivity contribution in [3.8, 4) is 0 Å². The normalized spacial score (nSPS) is 21.4. The Morgan fingerprint density at radius 3 is 2.89 bits per heavy atom. The average Bonchev–Trinajstić information content (AvgIpc) is 3.07. The Morgan fingerprint density at radius 2 is 2.39 bits per heavy atom. The number of rotatable bonds is 5. The molecule has 0 amide bonds. The number of nitrogens with one attached hydrogen (secondary N) is 1. The zero-order valence-electron chi connectivity index (χ0n) is 9.79. The standard InChI is InChI=1S/C11H13N3O4/c1-2-6-5-8(6)13-10-9(14(17)18)4-3-7(12-10)11(15)16/h3-4,6,8H,2,5H2,1H3,(H,12,13)(H,15,16). The molecule has 0 spiro atoms. The summed E-state index contributed by atoms with van der Waals surface area (Å²) in [4.78, 5) is 24.9. The number of hydrogen-bond donors (Lipinski definition) is 2. The summed E-state index contributed by atoms with van der Waals surface area (Å²) in [5, 5.41) is 22.6. The highest BCUT2D eigenvalue weighted by Gasteiger charge is 2.37. The fraction of sp³-hybridized carbons (Fsp3) is 0.455. The number of carbonyl (C=O) groups is 1. The summed E-state index contributed by atoms with van der Waals surface area (Å²) in [6, 6.07) is 2.46. The number of anilines is 1. The number of pyridine rings is 1. The molecule has 1 aromatic rings. The fourth-order valence-corrected chi connectivity index (χ4v) is 1.88. The van der Waals surface area contributed by atoms with E-state index in [0.29, 0.717) is 5.92 Å². The van der Waals surface area contributed by atoms with E-state index in [1.165, 1.54) is 6.07 Å². The molecule has 7 heteroatoms. The lowest BCUT2D eigenvalue weighted by atomic mass is 10.3. The van der Waals surface area contributed by atoms with Gasteiger partial charge in [0.25, 0.3) is 0 Å². The van der Waals surface area contributed by atoms with E-state index in [1.807, 2.05) is 6.92 Å². The first kappa shape index (κ1) is 12.3. The summed E-state index contributed by atoms with van der Waals surface area (Å²) in [5.74, 6) is -0.670. The van der Waals surface area contributed by atoms with E-state index < -0.39 is 10.9 Å². The van der Waals surface area contributed by atoms with Gasteiger partial charge < -0.3 is 10.4 Å². The van der Waals surface area contributed by atoms with Crippen LogP contribution in [0.1, 0.15) is 30.3 Å². The zero-order valence-corrected chi connectivity index (χ0v) is 9.79. The third kappa shape index (κ3) is 2.39. The van der Waals surface area contributed by atoms with Gasteiger partial charge in [0, 0.05) is 12.1 Å². The molecule has 1 heterocycles. The maximum Gasteiger partial charge on any atom is 0.354 e. The van der Waals surface area contributed by atoms with Crippen molar-refractivity contribution in [2.75, 3.05) is 5.32 Å². The van der Waals surface area contributed by atoms with Crippen molar-refractivity contribution in [3.63, 3.8) is 0 Å². The molecule has 1 aromatic heterocycles. The minimum atomic E-state index is -1.20. The van der Waals surface area contributed by atoms with Crippen LogP contribution in [-0.2, 0) is 0 Å². The van der Waals surface area contributed by atoms with Gasteiger partial charge in [0.15, 0.2) is 5.69 Å². The van der Waals surface area contributed by atoms with Crippen molar-refractivity contribution in [1.82, 2.24) is 4.98 Å². The van der Waals surface area contributed by atoms with E-state index in [0.717, 1.165) is 18.9 Å². The summed E-state index contributed by atoms with van der Waals surface area (Å²) >= 11 is 0. The molecule has 0 bridgehead atoms. The van der Waals surface area contributed by atoms with Crippen LogP contribution in [0.3, 0.4) is 0 Å². The van der Waals surface area contributed by atoms with Crippen LogP contribution in [0.4, 0.5) is 11.5 Å². The summed E-state index contributed by atoms with van der Waals surface area (Å²) in [7, 11) is 0. The number of aromatic carboxylic acids is 1. The summed E-state index contributed by atoms with van der Waals surface area (Å²) in [6.45, 7) is 2.04. The van der Waals surface area contributed by atoms with Crippen molar-refractivity contribution >= 4 is 17.5 Å². The van der Waals surface area contributed by atoms with Crippen LogP contribution in [0.15, 0.2) is 12.1 Å². The van der Waals surface area contributed by atoms with Crippen LogP contribution >= 0.6 is 0 Å². The SMILES string of the molecule is CCC1CC1Nc1nc(C(=O)O)ccc1[N+](=O)[O-]. The Balaban J connectivity index is 2.26. The van der Waals surface area contributed by atoms with Crippen molar-refractivity contribution in [1.29, 1.82) is 0 Å². The predicted molar refractivity (Wildman–Crippen MR) is 63.7 cm³/mol. The predicted octanol–water partition coefficient (Wildman–Crippen LogP) is 1.90. The molecule has 1 aliphatic rings. The molecule has 1 aliphatic carbocycles. The fourth-order valence-electron chi connectivity index (χ4n) is 1.88. The smallest absolute Gasteiger partial charge is 0.354 e. The second-order valence-electron chi connectivity index (χ2n) is 4.28. The number of nitro groups is 1. The van der Waals surface area contributed by atoms with Crippen LogP contribution < -0.4 is 5.32 Å². The van der Waals surface area contributed by atoms with E-state index in [-0.39, 0.29) is 23.2 Å². The Kier molecular flexibility index (Phi) is 3.14. The number of carboxylic acid groups (broad SMARTS) is 1. The molecular weight excluding hydrogens is 238 g/mol. The first-order chi connectivity index (χ1) is 8.52. The molecule has 1 saturated carbocycles. The first-order valence-corrected chi connectivity index (χ1v) is 5.68.